The second-order valence-corrected chi connectivity index (χ2v) is 2.67. The number of H-pyrrole nitrogens is 1. The molecule has 1 rings (SSSR count). The van der Waals surface area contributed by atoms with Crippen LogP contribution < -0.4 is 5.56 Å². The highest BCUT2D eigenvalue weighted by atomic mass is 32.1. The molecule has 0 aliphatic heterocycles. The second-order valence-electron chi connectivity index (χ2n) is 2.35. The van der Waals surface area contributed by atoms with E-state index in [0.29, 0.717) is 5.75 Å². The number of aromatic nitrogens is 1. The minimum Gasteiger partial charge on any atom is -0.328 e. The first-order valence-corrected chi connectivity index (χ1v) is 4.16. The van der Waals surface area contributed by atoms with Crippen molar-refractivity contribution in [3.8, 4) is 11.8 Å². The van der Waals surface area contributed by atoms with Crippen LogP contribution in [-0.2, 0) is 0 Å². The molecule has 0 atom stereocenters. The zero-order valence-electron chi connectivity index (χ0n) is 6.72. The maximum absolute atomic E-state index is 10.8. The minimum atomic E-state index is -0.0936. The standard InChI is InChI=1S/C9H9NOS/c1-7-5-9(11)10-6-8(7)3-2-4-12/h5-6,12H,4H2,1H3,(H,10,11). The molecule has 0 radical (unpaired) electrons. The van der Waals surface area contributed by atoms with Gasteiger partial charge in [0.05, 0.1) is 5.75 Å². The molecule has 3 heteroatoms. The van der Waals surface area contributed by atoms with E-state index < -0.39 is 0 Å². The fraction of sp³-hybridized carbons (Fsp3) is 0.222. The summed E-state index contributed by atoms with van der Waals surface area (Å²) in [7, 11) is 0. The van der Waals surface area contributed by atoms with Crippen molar-refractivity contribution in [3.63, 3.8) is 0 Å². The Balaban J connectivity index is 3.10. The molecule has 62 valence electrons. The lowest BCUT2D eigenvalue weighted by Crippen LogP contribution is -2.04. The van der Waals surface area contributed by atoms with Gasteiger partial charge in [0.25, 0.3) is 0 Å². The molecule has 1 aromatic rings. The highest BCUT2D eigenvalue weighted by Gasteiger charge is 1.93. The van der Waals surface area contributed by atoms with Crippen LogP contribution in [0.3, 0.4) is 0 Å². The Hall–Kier alpha value is -1.14. The summed E-state index contributed by atoms with van der Waals surface area (Å²) in [4.78, 5) is 13.4. The van der Waals surface area contributed by atoms with Gasteiger partial charge in [-0.3, -0.25) is 4.79 Å². The van der Waals surface area contributed by atoms with Gasteiger partial charge in [-0.15, -0.1) is 0 Å². The summed E-state index contributed by atoms with van der Waals surface area (Å²) < 4.78 is 0. The van der Waals surface area contributed by atoms with Crippen LogP contribution in [-0.4, -0.2) is 10.7 Å². The number of hydrogen-bond donors (Lipinski definition) is 2. The Morgan fingerprint density at radius 1 is 1.67 bits per heavy atom. The number of rotatable bonds is 0. The Morgan fingerprint density at radius 2 is 2.42 bits per heavy atom. The largest absolute Gasteiger partial charge is 0.328 e. The monoisotopic (exact) mass is 179 g/mol. The van der Waals surface area contributed by atoms with Crippen molar-refractivity contribution >= 4 is 12.6 Å². The van der Waals surface area contributed by atoms with E-state index in [2.05, 4.69) is 29.5 Å². The van der Waals surface area contributed by atoms with Crippen LogP contribution in [0.4, 0.5) is 0 Å². The molecule has 0 fully saturated rings. The predicted octanol–water partition coefficient (Wildman–Crippen LogP) is 0.965. The summed E-state index contributed by atoms with van der Waals surface area (Å²) in [5, 5.41) is 0. The molecule has 0 aliphatic rings. The van der Waals surface area contributed by atoms with E-state index >= 15 is 0 Å². The lowest BCUT2D eigenvalue weighted by atomic mass is 10.2. The van der Waals surface area contributed by atoms with Crippen LogP contribution in [0.5, 0.6) is 0 Å². The average Bonchev–Trinajstić information content (AvgIpc) is 2.03. The highest BCUT2D eigenvalue weighted by molar-refractivity contribution is 7.80. The van der Waals surface area contributed by atoms with E-state index in [1.54, 1.807) is 6.20 Å². The number of thiol groups is 1. The van der Waals surface area contributed by atoms with Crippen LogP contribution in [0.25, 0.3) is 0 Å². The van der Waals surface area contributed by atoms with Crippen molar-refractivity contribution in [2.24, 2.45) is 0 Å². The van der Waals surface area contributed by atoms with Gasteiger partial charge < -0.3 is 4.98 Å². The molecule has 1 N–H and O–H groups in total. The fourth-order valence-electron chi connectivity index (χ4n) is 0.843. The first kappa shape index (κ1) is 8.95. The zero-order valence-corrected chi connectivity index (χ0v) is 7.61. The number of aromatic amines is 1. The Bertz CT molecular complexity index is 383. The smallest absolute Gasteiger partial charge is 0.248 e. The van der Waals surface area contributed by atoms with Crippen LogP contribution in [0.1, 0.15) is 11.1 Å². The average molecular weight is 179 g/mol. The maximum atomic E-state index is 10.8. The fourth-order valence-corrected chi connectivity index (χ4v) is 0.922. The molecule has 2 nitrogen and oxygen atoms in total. The van der Waals surface area contributed by atoms with Crippen LogP contribution in [0, 0.1) is 18.8 Å². The van der Waals surface area contributed by atoms with E-state index in [9.17, 15) is 4.79 Å². The third-order valence-corrected chi connectivity index (χ3v) is 1.59. The normalized spacial score (nSPS) is 8.83. The summed E-state index contributed by atoms with van der Waals surface area (Å²) in [6, 6.07) is 1.53. The quantitative estimate of drug-likeness (QED) is 0.451. The van der Waals surface area contributed by atoms with E-state index in [4.69, 9.17) is 0 Å². The molecule has 1 heterocycles. The van der Waals surface area contributed by atoms with Crippen LogP contribution >= 0.6 is 12.6 Å². The van der Waals surface area contributed by atoms with Gasteiger partial charge in [-0.25, -0.2) is 0 Å². The second kappa shape index (κ2) is 4.03. The molecule has 0 aromatic carbocycles. The molecule has 0 spiro atoms. The van der Waals surface area contributed by atoms with Crippen molar-refractivity contribution in [2.75, 3.05) is 5.75 Å². The number of pyridine rings is 1. The molecule has 0 amide bonds. The third-order valence-electron chi connectivity index (χ3n) is 1.43. The molecular formula is C9H9NOS. The van der Waals surface area contributed by atoms with E-state index in [-0.39, 0.29) is 5.56 Å². The maximum Gasteiger partial charge on any atom is 0.248 e. The Kier molecular flexibility index (Phi) is 3.01. The number of aryl methyl sites for hydroxylation is 1. The van der Waals surface area contributed by atoms with Crippen LogP contribution in [0.2, 0.25) is 0 Å². The lowest BCUT2D eigenvalue weighted by Gasteiger charge is -1.93. The summed E-state index contributed by atoms with van der Waals surface area (Å²) in [6.07, 6.45) is 1.62. The van der Waals surface area contributed by atoms with Gasteiger partial charge in [-0.05, 0) is 12.5 Å². The van der Waals surface area contributed by atoms with Gasteiger partial charge in [0.2, 0.25) is 5.56 Å². The van der Waals surface area contributed by atoms with Gasteiger partial charge in [-0.1, -0.05) is 11.8 Å². The molecule has 12 heavy (non-hydrogen) atoms. The molecular weight excluding hydrogens is 170 g/mol. The summed E-state index contributed by atoms with van der Waals surface area (Å²) in [6.45, 7) is 1.86. The third kappa shape index (κ3) is 2.18. The van der Waals surface area contributed by atoms with Gasteiger partial charge in [0.15, 0.2) is 0 Å². The molecule has 0 saturated heterocycles. The Labute approximate surface area is 76.4 Å². The van der Waals surface area contributed by atoms with Gasteiger partial charge in [0.1, 0.15) is 0 Å². The van der Waals surface area contributed by atoms with Crippen LogP contribution in [0.15, 0.2) is 17.1 Å². The van der Waals surface area contributed by atoms with E-state index in [1.807, 2.05) is 6.92 Å². The number of nitrogens with one attached hydrogen (secondary N) is 1. The Morgan fingerprint density at radius 3 is 3.00 bits per heavy atom. The van der Waals surface area contributed by atoms with Gasteiger partial charge in [-0.2, -0.15) is 12.6 Å². The molecule has 0 saturated carbocycles. The molecule has 0 unspecified atom stereocenters. The summed E-state index contributed by atoms with van der Waals surface area (Å²) >= 11 is 3.96. The first-order valence-electron chi connectivity index (χ1n) is 3.53. The number of hydrogen-bond acceptors (Lipinski definition) is 2. The van der Waals surface area contributed by atoms with Gasteiger partial charge >= 0.3 is 0 Å². The first-order chi connectivity index (χ1) is 5.74. The van der Waals surface area contributed by atoms with E-state index in [0.717, 1.165) is 11.1 Å². The topological polar surface area (TPSA) is 32.9 Å². The van der Waals surface area contributed by atoms with Crippen molar-refractivity contribution in [3.05, 3.63) is 33.7 Å². The summed E-state index contributed by atoms with van der Waals surface area (Å²) in [5.41, 5.74) is 1.65. The van der Waals surface area contributed by atoms with Crippen molar-refractivity contribution in [2.45, 2.75) is 6.92 Å². The SMILES string of the molecule is Cc1cc(=O)[nH]cc1C#CCS. The highest BCUT2D eigenvalue weighted by Crippen LogP contribution is 1.99. The zero-order chi connectivity index (χ0) is 8.97. The lowest BCUT2D eigenvalue weighted by molar-refractivity contribution is 1.19. The van der Waals surface area contributed by atoms with Gasteiger partial charge in [0, 0.05) is 17.8 Å². The van der Waals surface area contributed by atoms with E-state index in [1.165, 1.54) is 6.07 Å². The molecule has 0 aliphatic carbocycles. The van der Waals surface area contributed by atoms with Crippen molar-refractivity contribution in [1.29, 1.82) is 0 Å². The van der Waals surface area contributed by atoms with Crippen molar-refractivity contribution in [1.82, 2.24) is 4.98 Å². The molecule has 1 aromatic heterocycles. The predicted molar refractivity (Wildman–Crippen MR) is 52.5 cm³/mol. The summed E-state index contributed by atoms with van der Waals surface area (Å²) in [5.74, 6) is 6.24. The molecule has 0 bridgehead atoms. The van der Waals surface area contributed by atoms with Crippen molar-refractivity contribution < 1.29 is 0 Å². The minimum absolute atomic E-state index is 0.0936.